The number of aliphatic hydroxyl groups is 8. The zero-order valence-corrected chi connectivity index (χ0v) is 17.6. The highest BCUT2D eigenvalue weighted by molar-refractivity contribution is 4.98. The van der Waals surface area contributed by atoms with Gasteiger partial charge in [-0.1, -0.05) is 20.8 Å². The molecular formula is C18H37NO11. The van der Waals surface area contributed by atoms with E-state index in [-0.39, 0.29) is 0 Å². The number of hydrogen-bond acceptors (Lipinski definition) is 12. The van der Waals surface area contributed by atoms with Gasteiger partial charge in [0.1, 0.15) is 49.3 Å². The Morgan fingerprint density at radius 1 is 0.767 bits per heavy atom. The van der Waals surface area contributed by atoms with Gasteiger partial charge in [0.25, 0.3) is 0 Å². The number of nitrogens with zero attached hydrogens (tertiary/aromatic N) is 1. The van der Waals surface area contributed by atoms with Gasteiger partial charge in [-0.25, -0.2) is 0 Å². The summed E-state index contributed by atoms with van der Waals surface area (Å²) in [6.45, 7) is 7.80. The van der Waals surface area contributed by atoms with Crippen molar-refractivity contribution in [2.75, 3.05) is 39.5 Å². The second-order valence-corrected chi connectivity index (χ2v) is 7.18. The third kappa shape index (κ3) is 6.06. The molecule has 8 N–H and O–H groups in total. The Labute approximate surface area is 175 Å². The van der Waals surface area contributed by atoms with Gasteiger partial charge in [-0.05, 0) is 19.6 Å². The lowest BCUT2D eigenvalue weighted by Crippen LogP contribution is -2.62. The van der Waals surface area contributed by atoms with Crippen molar-refractivity contribution in [2.24, 2.45) is 0 Å². The highest BCUT2D eigenvalue weighted by atomic mass is 16.8. The molecule has 12 nitrogen and oxygen atoms in total. The van der Waals surface area contributed by atoms with Crippen LogP contribution in [0, 0.1) is 0 Å². The highest BCUT2D eigenvalue weighted by Gasteiger charge is 2.58. The maximum atomic E-state index is 10.00. The van der Waals surface area contributed by atoms with Crippen molar-refractivity contribution in [3.8, 4) is 0 Å². The van der Waals surface area contributed by atoms with Crippen molar-refractivity contribution < 1.29 is 55.1 Å². The minimum atomic E-state index is -2.22. The van der Waals surface area contributed by atoms with E-state index < -0.39 is 74.6 Å². The van der Waals surface area contributed by atoms with Crippen molar-refractivity contribution in [2.45, 2.75) is 75.6 Å². The first-order valence-corrected chi connectivity index (χ1v) is 10.1. The van der Waals surface area contributed by atoms with Gasteiger partial charge < -0.3 is 60.0 Å². The topological polar surface area (TPSA) is 193 Å². The molecular weight excluding hydrogens is 406 g/mol. The van der Waals surface area contributed by atoms with Crippen molar-refractivity contribution >= 4 is 0 Å². The second-order valence-electron chi connectivity index (χ2n) is 7.18. The van der Waals surface area contributed by atoms with E-state index in [1.807, 2.05) is 0 Å². The lowest BCUT2D eigenvalue weighted by molar-refractivity contribution is -0.383. The van der Waals surface area contributed by atoms with Crippen LogP contribution in [0.15, 0.2) is 0 Å². The molecule has 0 aromatic carbocycles. The summed E-state index contributed by atoms with van der Waals surface area (Å²) >= 11 is 0. The summed E-state index contributed by atoms with van der Waals surface area (Å²) < 4.78 is 15.4. The predicted octanol–water partition coefficient (Wildman–Crippen LogP) is -4.05. The molecule has 0 aromatic rings. The van der Waals surface area contributed by atoms with Crippen molar-refractivity contribution in [1.82, 2.24) is 4.90 Å². The van der Waals surface area contributed by atoms with Gasteiger partial charge >= 0.3 is 0 Å². The molecule has 9 atom stereocenters. The van der Waals surface area contributed by atoms with Gasteiger partial charge in [-0.15, -0.1) is 0 Å². The highest BCUT2D eigenvalue weighted by Crippen LogP contribution is 2.35. The van der Waals surface area contributed by atoms with Crippen LogP contribution in [-0.2, 0) is 14.2 Å². The summed E-state index contributed by atoms with van der Waals surface area (Å²) in [6.07, 6.45) is -12.7. The Hall–Kier alpha value is -0.480. The van der Waals surface area contributed by atoms with E-state index in [2.05, 4.69) is 25.7 Å². The number of aliphatic hydroxyl groups excluding tert-OH is 8. The van der Waals surface area contributed by atoms with Crippen LogP contribution in [0.4, 0.5) is 0 Å². The summed E-state index contributed by atoms with van der Waals surface area (Å²) in [5, 5.41) is 76.7. The van der Waals surface area contributed by atoms with Crippen LogP contribution in [0.5, 0.6) is 0 Å². The Balaban J connectivity index is 0.000000553. The maximum Gasteiger partial charge on any atom is 0.224 e. The fourth-order valence-corrected chi connectivity index (χ4v) is 3.30. The lowest BCUT2D eigenvalue weighted by Gasteiger charge is -2.43. The average molecular weight is 443 g/mol. The van der Waals surface area contributed by atoms with Crippen molar-refractivity contribution in [1.29, 1.82) is 0 Å². The van der Waals surface area contributed by atoms with Crippen LogP contribution in [0.3, 0.4) is 0 Å². The summed E-state index contributed by atoms with van der Waals surface area (Å²) in [7, 11) is 0. The van der Waals surface area contributed by atoms with Crippen molar-refractivity contribution in [3.05, 3.63) is 0 Å². The SMILES string of the molecule is CCN(CC)CC.OC[C@H]1O[C@@](CO)(O[C@H]2O[C@H](CO)[C@@H](O)[C@H](O)[C@H]2O)[C@@H](O)[C@@H]1O. The minimum Gasteiger partial charge on any atom is -0.394 e. The molecule has 2 saturated heterocycles. The lowest BCUT2D eigenvalue weighted by atomic mass is 9.99. The molecule has 0 aliphatic carbocycles. The monoisotopic (exact) mass is 443 g/mol. The molecule has 0 radical (unpaired) electrons. The first-order valence-electron chi connectivity index (χ1n) is 10.1. The summed E-state index contributed by atoms with van der Waals surface area (Å²) in [6, 6.07) is 0. The molecule has 2 fully saturated rings. The van der Waals surface area contributed by atoms with Gasteiger partial charge in [0, 0.05) is 0 Å². The fraction of sp³-hybridized carbons (Fsp3) is 1.00. The predicted molar refractivity (Wildman–Crippen MR) is 102 cm³/mol. The Morgan fingerprint density at radius 3 is 1.67 bits per heavy atom. The van der Waals surface area contributed by atoms with E-state index in [0.717, 1.165) is 0 Å². The molecule has 0 unspecified atom stereocenters. The van der Waals surface area contributed by atoms with Crippen LogP contribution in [0.1, 0.15) is 20.8 Å². The Kier molecular flexibility index (Phi) is 11.5. The van der Waals surface area contributed by atoms with E-state index in [0.29, 0.717) is 0 Å². The molecule has 0 spiro atoms. The van der Waals surface area contributed by atoms with Gasteiger partial charge in [-0.3, -0.25) is 0 Å². The van der Waals surface area contributed by atoms with E-state index in [4.69, 9.17) is 24.4 Å². The molecule has 2 heterocycles. The Bertz CT molecular complexity index is 476. The van der Waals surface area contributed by atoms with Crippen LogP contribution < -0.4 is 0 Å². The largest absolute Gasteiger partial charge is 0.394 e. The third-order valence-electron chi connectivity index (χ3n) is 5.41. The number of rotatable bonds is 8. The number of hydrogen-bond donors (Lipinski definition) is 8. The first kappa shape index (κ1) is 27.6. The molecule has 2 aliphatic heterocycles. The third-order valence-corrected chi connectivity index (χ3v) is 5.41. The first-order chi connectivity index (χ1) is 14.2. The molecule has 12 heteroatoms. The van der Waals surface area contributed by atoms with Crippen LogP contribution >= 0.6 is 0 Å². The van der Waals surface area contributed by atoms with E-state index in [1.165, 1.54) is 19.6 Å². The Morgan fingerprint density at radius 2 is 1.30 bits per heavy atom. The summed E-state index contributed by atoms with van der Waals surface area (Å²) in [4.78, 5) is 2.38. The molecule has 2 aliphatic rings. The van der Waals surface area contributed by atoms with Gasteiger partial charge in [-0.2, -0.15) is 0 Å². The summed E-state index contributed by atoms with van der Waals surface area (Å²) in [5.74, 6) is -2.22. The molecule has 0 aromatic heterocycles. The smallest absolute Gasteiger partial charge is 0.224 e. The fourth-order valence-electron chi connectivity index (χ4n) is 3.30. The average Bonchev–Trinajstić information content (AvgIpc) is 3.00. The normalized spacial score (nSPS) is 41.6. The van der Waals surface area contributed by atoms with Gasteiger partial charge in [0.15, 0.2) is 6.29 Å². The summed E-state index contributed by atoms with van der Waals surface area (Å²) in [5.41, 5.74) is 0. The second kappa shape index (κ2) is 12.5. The van der Waals surface area contributed by atoms with Crippen LogP contribution in [0.2, 0.25) is 0 Å². The van der Waals surface area contributed by atoms with Crippen LogP contribution in [0.25, 0.3) is 0 Å². The minimum absolute atomic E-state index is 0.669. The maximum absolute atomic E-state index is 10.00. The van der Waals surface area contributed by atoms with Crippen LogP contribution in [-0.4, -0.2) is 140 Å². The molecule has 30 heavy (non-hydrogen) atoms. The van der Waals surface area contributed by atoms with E-state index in [1.54, 1.807) is 0 Å². The zero-order chi connectivity index (χ0) is 23.1. The molecule has 0 bridgehead atoms. The number of ether oxygens (including phenoxy) is 3. The molecule has 2 rings (SSSR count). The van der Waals surface area contributed by atoms with Gasteiger partial charge in [0.2, 0.25) is 5.79 Å². The molecule has 180 valence electrons. The standard InChI is InChI=1S/C12H22O11.C6H15N/c13-1-4-6(16)8(18)9(19)11(21-4)23-12(3-15)10(20)7(17)5(2-14)22-12;1-4-7(5-2)6-3/h4-11,13-20H,1-3H2;4-6H2,1-3H3/t4-,5-,6-,7-,8+,9-,10+,11-,12+;/m1./s1. The quantitative estimate of drug-likeness (QED) is 0.181. The van der Waals surface area contributed by atoms with E-state index >= 15 is 0 Å². The zero-order valence-electron chi connectivity index (χ0n) is 17.6. The molecule has 0 saturated carbocycles. The van der Waals surface area contributed by atoms with E-state index in [9.17, 15) is 30.6 Å². The van der Waals surface area contributed by atoms with Gasteiger partial charge in [0.05, 0.1) is 13.2 Å². The van der Waals surface area contributed by atoms with Crippen molar-refractivity contribution in [3.63, 3.8) is 0 Å². The molecule has 0 amide bonds.